The summed E-state index contributed by atoms with van der Waals surface area (Å²) in [7, 11) is 0. The number of nitrogens with one attached hydrogen (secondary N) is 1. The molecule has 122 valence electrons. The fourth-order valence-electron chi connectivity index (χ4n) is 2.63. The molecule has 1 fully saturated rings. The van der Waals surface area contributed by atoms with E-state index in [2.05, 4.69) is 5.32 Å². The van der Waals surface area contributed by atoms with Gasteiger partial charge in [0, 0.05) is 19.1 Å². The Labute approximate surface area is 135 Å². The van der Waals surface area contributed by atoms with Crippen molar-refractivity contribution in [3.63, 3.8) is 0 Å². The van der Waals surface area contributed by atoms with Gasteiger partial charge in [0.05, 0.1) is 5.69 Å². The van der Waals surface area contributed by atoms with Gasteiger partial charge in [0.1, 0.15) is 11.9 Å². The monoisotopic (exact) mass is 326 g/mol. The molecule has 1 aliphatic rings. The Balaban J connectivity index is 1.80. The summed E-state index contributed by atoms with van der Waals surface area (Å²) in [6.07, 6.45) is 3.01. The molecule has 0 aliphatic carbocycles. The highest BCUT2D eigenvalue weighted by atomic mass is 32.2. The molecule has 2 rings (SSSR count). The van der Waals surface area contributed by atoms with Gasteiger partial charge in [0.25, 0.3) is 0 Å². The van der Waals surface area contributed by atoms with Crippen LogP contribution in [0.2, 0.25) is 0 Å². The molecule has 2 N–H and O–H groups in total. The first kappa shape index (κ1) is 17.1. The highest BCUT2D eigenvalue weighted by Crippen LogP contribution is 2.22. The number of anilines is 1. The zero-order chi connectivity index (χ0) is 15.9. The standard InChI is InChI=1S/C16H23FN2O2S/c1-22-11-8-15(20)16(21)18-12-6-9-19(10-7-12)14-5-3-2-4-13(14)17/h2-5,12,15,20H,6-11H2,1H3,(H,18,21). The maximum atomic E-state index is 13.8. The number of halogens is 1. The Morgan fingerprint density at radius 3 is 2.77 bits per heavy atom. The molecule has 1 aromatic rings. The highest BCUT2D eigenvalue weighted by Gasteiger charge is 2.24. The SMILES string of the molecule is CSCCC(O)C(=O)NC1CCN(c2ccccc2F)CC1. The fourth-order valence-corrected chi connectivity index (χ4v) is 3.09. The Bertz CT molecular complexity index is 493. The first-order valence-corrected chi connectivity index (χ1v) is 8.98. The van der Waals surface area contributed by atoms with Crippen molar-refractivity contribution in [3.05, 3.63) is 30.1 Å². The maximum absolute atomic E-state index is 13.8. The van der Waals surface area contributed by atoms with Crippen LogP contribution in [0.25, 0.3) is 0 Å². The lowest BCUT2D eigenvalue weighted by Gasteiger charge is -2.34. The highest BCUT2D eigenvalue weighted by molar-refractivity contribution is 7.98. The van der Waals surface area contributed by atoms with Crippen LogP contribution in [-0.2, 0) is 4.79 Å². The Morgan fingerprint density at radius 2 is 2.14 bits per heavy atom. The average Bonchev–Trinajstić information content (AvgIpc) is 2.54. The van der Waals surface area contributed by atoms with E-state index in [4.69, 9.17) is 0 Å². The van der Waals surface area contributed by atoms with Gasteiger partial charge in [-0.15, -0.1) is 0 Å². The second-order valence-electron chi connectivity index (χ2n) is 5.52. The summed E-state index contributed by atoms with van der Waals surface area (Å²) in [6.45, 7) is 1.40. The van der Waals surface area contributed by atoms with Crippen LogP contribution in [0.15, 0.2) is 24.3 Å². The molecule has 1 heterocycles. The molecule has 0 radical (unpaired) electrons. The molecule has 1 aromatic carbocycles. The van der Waals surface area contributed by atoms with Crippen LogP contribution in [-0.4, -0.2) is 48.3 Å². The molecule has 1 saturated heterocycles. The zero-order valence-electron chi connectivity index (χ0n) is 12.8. The molecule has 1 atom stereocenters. The number of nitrogens with zero attached hydrogens (tertiary/aromatic N) is 1. The van der Waals surface area contributed by atoms with Crippen LogP contribution in [0.4, 0.5) is 10.1 Å². The molecular weight excluding hydrogens is 303 g/mol. The lowest BCUT2D eigenvalue weighted by molar-refractivity contribution is -0.130. The number of aliphatic hydroxyl groups is 1. The van der Waals surface area contributed by atoms with Crippen molar-refractivity contribution in [1.29, 1.82) is 0 Å². The molecule has 0 saturated carbocycles. The molecule has 6 heteroatoms. The molecule has 1 amide bonds. The van der Waals surface area contributed by atoms with Crippen molar-refractivity contribution >= 4 is 23.4 Å². The van der Waals surface area contributed by atoms with Gasteiger partial charge in [-0.25, -0.2) is 4.39 Å². The minimum atomic E-state index is -0.933. The molecule has 22 heavy (non-hydrogen) atoms. The molecule has 1 aliphatic heterocycles. The van der Waals surface area contributed by atoms with Gasteiger partial charge in [-0.1, -0.05) is 12.1 Å². The van der Waals surface area contributed by atoms with E-state index in [0.717, 1.165) is 18.6 Å². The number of amides is 1. The van der Waals surface area contributed by atoms with E-state index < -0.39 is 6.10 Å². The summed E-state index contributed by atoms with van der Waals surface area (Å²) < 4.78 is 13.8. The third-order valence-corrected chi connectivity index (χ3v) is 4.58. The maximum Gasteiger partial charge on any atom is 0.249 e. The summed E-state index contributed by atoms with van der Waals surface area (Å²) in [5.41, 5.74) is 0.618. The minimum absolute atomic E-state index is 0.0550. The first-order chi connectivity index (χ1) is 10.6. The number of para-hydroxylation sites is 1. The third kappa shape index (κ3) is 4.61. The van der Waals surface area contributed by atoms with Crippen LogP contribution in [0, 0.1) is 5.82 Å². The summed E-state index contributed by atoms with van der Waals surface area (Å²) in [6, 6.07) is 6.81. The number of hydrogen-bond acceptors (Lipinski definition) is 4. The summed E-state index contributed by atoms with van der Waals surface area (Å²) >= 11 is 1.61. The Kier molecular flexibility index (Phi) is 6.51. The van der Waals surface area contributed by atoms with Crippen LogP contribution in [0.3, 0.4) is 0 Å². The normalized spacial score (nSPS) is 17.3. The summed E-state index contributed by atoms with van der Waals surface area (Å²) in [5, 5.41) is 12.7. The zero-order valence-corrected chi connectivity index (χ0v) is 13.6. The smallest absolute Gasteiger partial charge is 0.249 e. The quantitative estimate of drug-likeness (QED) is 0.840. The van der Waals surface area contributed by atoms with E-state index in [9.17, 15) is 14.3 Å². The fraction of sp³-hybridized carbons (Fsp3) is 0.562. The number of rotatable bonds is 6. The van der Waals surface area contributed by atoms with Crippen LogP contribution in [0.5, 0.6) is 0 Å². The number of hydrogen-bond donors (Lipinski definition) is 2. The number of benzene rings is 1. The number of piperidine rings is 1. The molecule has 0 aromatic heterocycles. The molecule has 0 bridgehead atoms. The van der Waals surface area contributed by atoms with Gasteiger partial charge in [-0.3, -0.25) is 4.79 Å². The van der Waals surface area contributed by atoms with Crippen molar-refractivity contribution in [3.8, 4) is 0 Å². The van der Waals surface area contributed by atoms with Gasteiger partial charge in [0.15, 0.2) is 0 Å². The lowest BCUT2D eigenvalue weighted by Crippen LogP contribution is -2.47. The van der Waals surface area contributed by atoms with Crippen molar-refractivity contribution < 1.29 is 14.3 Å². The number of aliphatic hydroxyl groups excluding tert-OH is 1. The van der Waals surface area contributed by atoms with Gasteiger partial charge < -0.3 is 15.3 Å². The van der Waals surface area contributed by atoms with Crippen LogP contribution >= 0.6 is 11.8 Å². The average molecular weight is 326 g/mol. The van der Waals surface area contributed by atoms with Crippen LogP contribution in [0.1, 0.15) is 19.3 Å². The number of thioether (sulfide) groups is 1. The van der Waals surface area contributed by atoms with E-state index in [1.54, 1.807) is 23.9 Å². The van der Waals surface area contributed by atoms with Crippen molar-refractivity contribution in [2.24, 2.45) is 0 Å². The molecule has 4 nitrogen and oxygen atoms in total. The lowest BCUT2D eigenvalue weighted by atomic mass is 10.0. The van der Waals surface area contributed by atoms with E-state index in [-0.39, 0.29) is 17.8 Å². The van der Waals surface area contributed by atoms with Crippen molar-refractivity contribution in [1.82, 2.24) is 5.32 Å². The van der Waals surface area contributed by atoms with E-state index in [0.29, 0.717) is 25.2 Å². The molecular formula is C16H23FN2O2S. The van der Waals surface area contributed by atoms with Crippen LogP contribution < -0.4 is 10.2 Å². The van der Waals surface area contributed by atoms with Gasteiger partial charge >= 0.3 is 0 Å². The van der Waals surface area contributed by atoms with Crippen molar-refractivity contribution in [2.45, 2.75) is 31.4 Å². The van der Waals surface area contributed by atoms with Crippen molar-refractivity contribution in [2.75, 3.05) is 30.0 Å². The topological polar surface area (TPSA) is 52.6 Å². The minimum Gasteiger partial charge on any atom is -0.383 e. The largest absolute Gasteiger partial charge is 0.383 e. The predicted octanol–water partition coefficient (Wildman–Crippen LogP) is 2.02. The Morgan fingerprint density at radius 1 is 1.45 bits per heavy atom. The van der Waals surface area contributed by atoms with E-state index >= 15 is 0 Å². The van der Waals surface area contributed by atoms with E-state index in [1.165, 1.54) is 6.07 Å². The first-order valence-electron chi connectivity index (χ1n) is 7.58. The molecule has 1 unspecified atom stereocenters. The summed E-state index contributed by atoms with van der Waals surface area (Å²) in [4.78, 5) is 13.9. The second-order valence-corrected chi connectivity index (χ2v) is 6.50. The number of carbonyl (C=O) groups excluding carboxylic acids is 1. The second kappa shape index (κ2) is 8.39. The third-order valence-electron chi connectivity index (χ3n) is 3.93. The predicted molar refractivity (Wildman–Crippen MR) is 88.8 cm³/mol. The van der Waals surface area contributed by atoms with E-state index in [1.807, 2.05) is 17.2 Å². The van der Waals surface area contributed by atoms with Gasteiger partial charge in [-0.05, 0) is 43.4 Å². The molecule has 0 spiro atoms. The summed E-state index contributed by atoms with van der Waals surface area (Å²) in [5.74, 6) is 0.260. The number of carbonyl (C=O) groups is 1. The Hall–Kier alpha value is -1.27. The van der Waals surface area contributed by atoms with Gasteiger partial charge in [-0.2, -0.15) is 11.8 Å². The van der Waals surface area contributed by atoms with Gasteiger partial charge in [0.2, 0.25) is 5.91 Å².